The van der Waals surface area contributed by atoms with E-state index in [1.807, 2.05) is 62.4 Å². The molecule has 0 unspecified atom stereocenters. The van der Waals surface area contributed by atoms with Gasteiger partial charge in [0.25, 0.3) is 0 Å². The van der Waals surface area contributed by atoms with Crippen molar-refractivity contribution in [1.82, 2.24) is 0 Å². The van der Waals surface area contributed by atoms with Crippen LogP contribution in [0.4, 0.5) is 4.39 Å². The molecule has 6 nitrogen and oxygen atoms in total. The molecule has 0 radical (unpaired) electrons. The standard InChI is InChI=1S/C25H23FO5.C4H6O.C2H6/c1-17(2)25(27)31-24-13-12-22(16-23(24)26)30-15-14-29-21-10-6-19(7-11-21)18-4-8-20(28-3)9-5-18;1-4(2)3-5;1-2/h4-13,16H,1,14-15H2,2-3H3;3H,1H2,2H3;1-2H3. The largest absolute Gasteiger partial charge is 0.497 e. The highest BCUT2D eigenvalue weighted by Gasteiger charge is 2.11. The van der Waals surface area contributed by atoms with E-state index < -0.39 is 11.8 Å². The van der Waals surface area contributed by atoms with Crippen molar-refractivity contribution in [3.63, 3.8) is 0 Å². The number of carbonyl (C=O) groups is 2. The van der Waals surface area contributed by atoms with Crippen LogP contribution >= 0.6 is 0 Å². The lowest BCUT2D eigenvalue weighted by Crippen LogP contribution is -2.10. The predicted octanol–water partition coefficient (Wildman–Crippen LogP) is 7.23. The van der Waals surface area contributed by atoms with Gasteiger partial charge in [-0.15, -0.1) is 0 Å². The summed E-state index contributed by atoms with van der Waals surface area (Å²) in [6.07, 6.45) is 0.722. The minimum absolute atomic E-state index is 0.173. The third-order valence-electron chi connectivity index (χ3n) is 4.55. The van der Waals surface area contributed by atoms with Gasteiger partial charge in [0.1, 0.15) is 36.7 Å². The molecule has 0 aliphatic heterocycles. The van der Waals surface area contributed by atoms with Gasteiger partial charge >= 0.3 is 5.97 Å². The Morgan fingerprint density at radius 1 is 0.816 bits per heavy atom. The Morgan fingerprint density at radius 3 is 1.68 bits per heavy atom. The molecule has 38 heavy (non-hydrogen) atoms. The number of allylic oxidation sites excluding steroid dienone is 1. The van der Waals surface area contributed by atoms with E-state index in [9.17, 15) is 14.0 Å². The van der Waals surface area contributed by atoms with Crippen LogP contribution in [0.15, 0.2) is 91.0 Å². The minimum Gasteiger partial charge on any atom is -0.497 e. The van der Waals surface area contributed by atoms with Gasteiger partial charge in [-0.3, -0.25) is 4.79 Å². The summed E-state index contributed by atoms with van der Waals surface area (Å²) in [6, 6.07) is 19.5. The van der Waals surface area contributed by atoms with Crippen molar-refractivity contribution in [2.45, 2.75) is 27.7 Å². The maximum atomic E-state index is 14.0. The molecule has 0 spiro atoms. The summed E-state index contributed by atoms with van der Waals surface area (Å²) in [4.78, 5) is 20.9. The van der Waals surface area contributed by atoms with Crippen LogP contribution in [-0.4, -0.2) is 32.6 Å². The maximum absolute atomic E-state index is 14.0. The van der Waals surface area contributed by atoms with E-state index in [1.54, 1.807) is 14.0 Å². The van der Waals surface area contributed by atoms with Gasteiger partial charge < -0.3 is 18.9 Å². The highest BCUT2D eigenvalue weighted by molar-refractivity contribution is 5.88. The molecule has 0 bridgehead atoms. The normalized spacial score (nSPS) is 9.42. The quantitative estimate of drug-likeness (QED) is 0.0920. The van der Waals surface area contributed by atoms with Crippen LogP contribution in [0.3, 0.4) is 0 Å². The fourth-order valence-electron chi connectivity index (χ4n) is 2.69. The van der Waals surface area contributed by atoms with E-state index in [0.29, 0.717) is 17.1 Å². The fraction of sp³-hybridized carbons (Fsp3) is 0.226. The van der Waals surface area contributed by atoms with Gasteiger partial charge in [-0.05, 0) is 66.9 Å². The number of carbonyl (C=O) groups excluding carboxylic acids is 2. The first-order chi connectivity index (χ1) is 18.2. The molecule has 0 saturated carbocycles. The molecule has 0 fully saturated rings. The highest BCUT2D eigenvalue weighted by Crippen LogP contribution is 2.25. The lowest BCUT2D eigenvalue weighted by Gasteiger charge is -2.10. The topological polar surface area (TPSA) is 71.1 Å². The molecule has 0 aromatic heterocycles. The number of halogens is 1. The molecule has 7 heteroatoms. The summed E-state index contributed by atoms with van der Waals surface area (Å²) in [5.41, 5.74) is 2.91. The average Bonchev–Trinajstić information content (AvgIpc) is 2.94. The smallest absolute Gasteiger partial charge is 0.338 e. The van der Waals surface area contributed by atoms with Crippen LogP contribution in [0, 0.1) is 5.82 Å². The van der Waals surface area contributed by atoms with Gasteiger partial charge in [-0.2, -0.15) is 0 Å². The van der Waals surface area contributed by atoms with E-state index in [1.165, 1.54) is 19.1 Å². The summed E-state index contributed by atoms with van der Waals surface area (Å²) in [6.45, 7) is 14.4. The molecule has 3 rings (SSSR count). The molecule has 3 aromatic rings. The molecule has 0 aliphatic carbocycles. The van der Waals surface area contributed by atoms with Crippen LogP contribution in [0.25, 0.3) is 11.1 Å². The third kappa shape index (κ3) is 11.1. The molecular weight excluding hydrogens is 487 g/mol. The number of hydrogen-bond donors (Lipinski definition) is 0. The van der Waals surface area contributed by atoms with E-state index in [-0.39, 0.29) is 24.5 Å². The van der Waals surface area contributed by atoms with Crippen molar-refractivity contribution in [3.8, 4) is 34.1 Å². The van der Waals surface area contributed by atoms with Gasteiger partial charge in [-0.1, -0.05) is 51.3 Å². The predicted molar refractivity (Wildman–Crippen MR) is 148 cm³/mol. The first-order valence-corrected chi connectivity index (χ1v) is 12.0. The van der Waals surface area contributed by atoms with E-state index >= 15 is 0 Å². The van der Waals surface area contributed by atoms with Gasteiger partial charge in [0.05, 0.1) is 7.11 Å². The first kappa shape index (κ1) is 31.6. The third-order valence-corrected chi connectivity index (χ3v) is 4.55. The molecule has 202 valence electrons. The van der Waals surface area contributed by atoms with Crippen molar-refractivity contribution >= 4 is 12.3 Å². The number of aldehydes is 1. The average molecular weight is 523 g/mol. The molecule has 3 aromatic carbocycles. The lowest BCUT2D eigenvalue weighted by atomic mass is 10.1. The molecule has 0 saturated heterocycles. The summed E-state index contributed by atoms with van der Waals surface area (Å²) in [5.74, 6) is 0.279. The summed E-state index contributed by atoms with van der Waals surface area (Å²) in [7, 11) is 1.64. The van der Waals surface area contributed by atoms with Crippen LogP contribution in [0.1, 0.15) is 27.7 Å². The molecule has 0 atom stereocenters. The molecule has 0 aliphatic rings. The SMILES string of the molecule is C=C(C)C(=O)Oc1ccc(OCCOc2ccc(-c3ccc(OC)cc3)cc2)cc1F.C=C(C)C=O.CC. The minimum atomic E-state index is -0.692. The fourth-order valence-corrected chi connectivity index (χ4v) is 2.69. The Balaban J connectivity index is 0.000000924. The second kappa shape index (κ2) is 17.1. The van der Waals surface area contributed by atoms with Crippen LogP contribution in [-0.2, 0) is 9.59 Å². The van der Waals surface area contributed by atoms with E-state index in [0.717, 1.165) is 29.2 Å². The number of benzene rings is 3. The van der Waals surface area contributed by atoms with Crippen molar-refractivity contribution in [2.75, 3.05) is 20.3 Å². The Labute approximate surface area is 224 Å². The van der Waals surface area contributed by atoms with Gasteiger partial charge in [-0.25, -0.2) is 9.18 Å². The number of methoxy groups -OCH3 is 1. The second-order valence-electron chi connectivity index (χ2n) is 7.68. The van der Waals surface area contributed by atoms with E-state index in [2.05, 4.69) is 13.2 Å². The summed E-state index contributed by atoms with van der Waals surface area (Å²) < 4.78 is 35.3. The molecular formula is C31H35FO6. The van der Waals surface area contributed by atoms with Crippen molar-refractivity contribution in [2.24, 2.45) is 0 Å². The van der Waals surface area contributed by atoms with Crippen LogP contribution < -0.4 is 18.9 Å². The van der Waals surface area contributed by atoms with Crippen LogP contribution in [0.2, 0.25) is 0 Å². The Hall–Kier alpha value is -4.39. The number of rotatable bonds is 10. The number of ether oxygens (including phenoxy) is 4. The zero-order chi connectivity index (χ0) is 28.5. The Morgan fingerprint density at radius 2 is 1.26 bits per heavy atom. The zero-order valence-corrected chi connectivity index (χ0v) is 22.6. The summed E-state index contributed by atoms with van der Waals surface area (Å²) in [5, 5.41) is 0. The number of esters is 1. The monoisotopic (exact) mass is 522 g/mol. The maximum Gasteiger partial charge on any atom is 0.338 e. The van der Waals surface area contributed by atoms with Crippen molar-refractivity contribution in [1.29, 1.82) is 0 Å². The second-order valence-corrected chi connectivity index (χ2v) is 7.68. The van der Waals surface area contributed by atoms with E-state index in [4.69, 9.17) is 18.9 Å². The van der Waals surface area contributed by atoms with Crippen molar-refractivity contribution in [3.05, 3.63) is 96.9 Å². The first-order valence-electron chi connectivity index (χ1n) is 12.0. The molecule has 0 N–H and O–H groups in total. The summed E-state index contributed by atoms with van der Waals surface area (Å²) >= 11 is 0. The van der Waals surface area contributed by atoms with Gasteiger partial charge in [0.15, 0.2) is 11.6 Å². The Kier molecular flexibility index (Phi) is 14.3. The lowest BCUT2D eigenvalue weighted by molar-refractivity contribution is -0.130. The highest BCUT2D eigenvalue weighted by atomic mass is 19.1. The molecule has 0 amide bonds. The van der Waals surface area contributed by atoms with Crippen molar-refractivity contribution < 1.29 is 32.9 Å². The molecule has 0 heterocycles. The zero-order valence-electron chi connectivity index (χ0n) is 22.6. The Bertz CT molecular complexity index is 1180. The van der Waals surface area contributed by atoms with Gasteiger partial charge in [0, 0.05) is 11.6 Å². The number of hydrogen-bond acceptors (Lipinski definition) is 6. The van der Waals surface area contributed by atoms with Gasteiger partial charge in [0.2, 0.25) is 0 Å². The van der Waals surface area contributed by atoms with Crippen LogP contribution in [0.5, 0.6) is 23.0 Å².